The van der Waals surface area contributed by atoms with E-state index in [0.29, 0.717) is 46.1 Å². The van der Waals surface area contributed by atoms with Crippen molar-refractivity contribution in [2.45, 2.75) is 6.42 Å². The van der Waals surface area contributed by atoms with Gasteiger partial charge < -0.3 is 15.4 Å². The molecule has 0 aliphatic carbocycles. The number of hydrogen-bond acceptors (Lipinski definition) is 3. The Bertz CT molecular complexity index is 752. The second kappa shape index (κ2) is 7.43. The predicted molar refractivity (Wildman–Crippen MR) is 96.0 cm³/mol. The van der Waals surface area contributed by atoms with Gasteiger partial charge in [-0.2, -0.15) is 0 Å². The molecule has 4 nitrogen and oxygen atoms in total. The van der Waals surface area contributed by atoms with Crippen LogP contribution in [-0.2, 0) is 0 Å². The van der Waals surface area contributed by atoms with Crippen LogP contribution in [0.3, 0.4) is 0 Å². The largest absolute Gasteiger partial charge is 0.455 e. The molecule has 2 N–H and O–H groups in total. The Labute approximate surface area is 151 Å². The Balaban J connectivity index is 1.84. The van der Waals surface area contributed by atoms with Gasteiger partial charge in [-0.25, -0.2) is 0 Å². The van der Waals surface area contributed by atoms with Crippen LogP contribution in [0, 0.1) is 5.92 Å². The molecule has 1 aliphatic rings. The highest BCUT2D eigenvalue weighted by Gasteiger charge is 2.27. The molecular weight excluding hydrogens is 347 g/mol. The fourth-order valence-electron chi connectivity index (χ4n) is 2.79. The molecule has 0 aromatic heterocycles. The van der Waals surface area contributed by atoms with Crippen LogP contribution in [-0.4, -0.2) is 30.4 Å². The number of likely N-dealkylation sites (tertiary alicyclic amines) is 1. The number of amides is 1. The van der Waals surface area contributed by atoms with Crippen molar-refractivity contribution < 1.29 is 9.53 Å². The zero-order valence-corrected chi connectivity index (χ0v) is 14.6. The van der Waals surface area contributed by atoms with E-state index in [4.69, 9.17) is 33.7 Å². The van der Waals surface area contributed by atoms with Gasteiger partial charge in [0, 0.05) is 18.1 Å². The summed E-state index contributed by atoms with van der Waals surface area (Å²) in [5.41, 5.74) is 6.22. The Kier molecular flexibility index (Phi) is 5.29. The van der Waals surface area contributed by atoms with Crippen LogP contribution in [0.4, 0.5) is 0 Å². The number of ether oxygens (including phenoxy) is 1. The van der Waals surface area contributed by atoms with Crippen LogP contribution in [0.5, 0.6) is 11.5 Å². The van der Waals surface area contributed by atoms with Crippen LogP contribution in [0.2, 0.25) is 10.0 Å². The minimum Gasteiger partial charge on any atom is -0.455 e. The van der Waals surface area contributed by atoms with Crippen molar-refractivity contribution in [2.75, 3.05) is 19.6 Å². The van der Waals surface area contributed by atoms with Crippen LogP contribution < -0.4 is 10.5 Å². The summed E-state index contributed by atoms with van der Waals surface area (Å²) >= 11 is 12.1. The fraction of sp³-hybridized carbons (Fsp3) is 0.278. The quantitative estimate of drug-likeness (QED) is 0.883. The van der Waals surface area contributed by atoms with E-state index in [1.807, 2.05) is 17.0 Å². The minimum atomic E-state index is -0.0494. The maximum absolute atomic E-state index is 12.8. The Morgan fingerprint density at radius 3 is 2.71 bits per heavy atom. The molecule has 0 bridgehead atoms. The second-order valence-electron chi connectivity index (χ2n) is 5.81. The van der Waals surface area contributed by atoms with E-state index in [1.54, 1.807) is 30.3 Å². The van der Waals surface area contributed by atoms with E-state index < -0.39 is 0 Å². The van der Waals surface area contributed by atoms with Gasteiger partial charge in [-0.3, -0.25) is 4.79 Å². The lowest BCUT2D eigenvalue weighted by Gasteiger charge is -2.18. The average Bonchev–Trinajstić information content (AvgIpc) is 3.06. The molecule has 2 aromatic carbocycles. The van der Waals surface area contributed by atoms with Gasteiger partial charge >= 0.3 is 0 Å². The highest BCUT2D eigenvalue weighted by atomic mass is 35.5. The first-order valence-electron chi connectivity index (χ1n) is 7.79. The van der Waals surface area contributed by atoms with Crippen molar-refractivity contribution in [1.82, 2.24) is 4.90 Å². The van der Waals surface area contributed by atoms with Crippen LogP contribution >= 0.6 is 23.2 Å². The third-order valence-corrected chi connectivity index (χ3v) is 4.67. The molecule has 1 heterocycles. The Morgan fingerprint density at radius 2 is 2.00 bits per heavy atom. The lowest BCUT2D eigenvalue weighted by atomic mass is 10.1. The number of halogens is 2. The van der Waals surface area contributed by atoms with Gasteiger partial charge in [0.25, 0.3) is 5.91 Å². The number of hydrogen-bond donors (Lipinski definition) is 1. The van der Waals surface area contributed by atoms with Crippen molar-refractivity contribution in [2.24, 2.45) is 11.7 Å². The van der Waals surface area contributed by atoms with Gasteiger partial charge in [-0.05, 0) is 49.2 Å². The number of carbonyl (C=O) groups is 1. The maximum Gasteiger partial charge on any atom is 0.257 e. The van der Waals surface area contributed by atoms with Gasteiger partial charge in [0.2, 0.25) is 0 Å². The van der Waals surface area contributed by atoms with Crippen LogP contribution in [0.1, 0.15) is 16.8 Å². The number of benzene rings is 2. The summed E-state index contributed by atoms with van der Waals surface area (Å²) < 4.78 is 5.87. The third kappa shape index (κ3) is 3.66. The molecule has 1 aliphatic heterocycles. The molecule has 1 saturated heterocycles. The highest BCUT2D eigenvalue weighted by Crippen LogP contribution is 2.33. The van der Waals surface area contributed by atoms with Gasteiger partial charge in [-0.1, -0.05) is 35.3 Å². The SMILES string of the molecule is NCC1CCN(C(=O)c2ccccc2Oc2ccc(Cl)cc2Cl)C1. The van der Waals surface area contributed by atoms with Crippen molar-refractivity contribution >= 4 is 29.1 Å². The number of rotatable bonds is 4. The zero-order chi connectivity index (χ0) is 17.1. The lowest BCUT2D eigenvalue weighted by Crippen LogP contribution is -2.30. The summed E-state index contributed by atoms with van der Waals surface area (Å²) in [5, 5.41) is 0.927. The normalized spacial score (nSPS) is 17.1. The predicted octanol–water partition coefficient (Wildman–Crippen LogP) is 4.21. The van der Waals surface area contributed by atoms with E-state index in [9.17, 15) is 4.79 Å². The minimum absolute atomic E-state index is 0.0494. The van der Waals surface area contributed by atoms with E-state index in [-0.39, 0.29) is 5.91 Å². The topological polar surface area (TPSA) is 55.6 Å². The fourth-order valence-corrected chi connectivity index (χ4v) is 3.24. The maximum atomic E-state index is 12.8. The summed E-state index contributed by atoms with van der Waals surface area (Å²) in [5.74, 6) is 1.25. The number of carbonyl (C=O) groups excluding carboxylic acids is 1. The summed E-state index contributed by atoms with van der Waals surface area (Å²) in [6, 6.07) is 12.1. The molecule has 1 amide bonds. The van der Waals surface area contributed by atoms with Crippen molar-refractivity contribution in [3.8, 4) is 11.5 Å². The third-order valence-electron chi connectivity index (χ3n) is 4.14. The molecule has 24 heavy (non-hydrogen) atoms. The highest BCUT2D eigenvalue weighted by molar-refractivity contribution is 6.35. The Hall–Kier alpha value is -1.75. The molecule has 0 spiro atoms. The first-order chi connectivity index (χ1) is 11.6. The van der Waals surface area contributed by atoms with E-state index in [0.717, 1.165) is 13.0 Å². The van der Waals surface area contributed by atoms with Crippen LogP contribution in [0.25, 0.3) is 0 Å². The molecule has 6 heteroatoms. The van der Waals surface area contributed by atoms with Gasteiger partial charge in [0.05, 0.1) is 10.6 Å². The second-order valence-corrected chi connectivity index (χ2v) is 6.66. The molecule has 0 saturated carbocycles. The average molecular weight is 365 g/mol. The van der Waals surface area contributed by atoms with Gasteiger partial charge in [0.1, 0.15) is 11.5 Å². The van der Waals surface area contributed by atoms with Gasteiger partial charge in [0.15, 0.2) is 0 Å². The number of nitrogens with two attached hydrogens (primary N) is 1. The molecule has 3 rings (SSSR count). The molecular formula is C18H18Cl2N2O2. The van der Waals surface area contributed by atoms with E-state index >= 15 is 0 Å². The van der Waals surface area contributed by atoms with Crippen molar-refractivity contribution in [3.63, 3.8) is 0 Å². The zero-order valence-electron chi connectivity index (χ0n) is 13.0. The monoisotopic (exact) mass is 364 g/mol. The summed E-state index contributed by atoms with van der Waals surface area (Å²) in [6.07, 6.45) is 0.939. The summed E-state index contributed by atoms with van der Waals surface area (Å²) in [7, 11) is 0. The number of para-hydroxylation sites is 1. The number of nitrogens with zero attached hydrogens (tertiary/aromatic N) is 1. The van der Waals surface area contributed by atoms with E-state index in [2.05, 4.69) is 0 Å². The van der Waals surface area contributed by atoms with Crippen molar-refractivity contribution in [1.29, 1.82) is 0 Å². The van der Waals surface area contributed by atoms with Crippen molar-refractivity contribution in [3.05, 3.63) is 58.1 Å². The summed E-state index contributed by atoms with van der Waals surface area (Å²) in [6.45, 7) is 2.00. The molecule has 0 radical (unpaired) electrons. The van der Waals surface area contributed by atoms with E-state index in [1.165, 1.54) is 0 Å². The molecule has 2 aromatic rings. The first kappa shape index (κ1) is 17.1. The molecule has 1 atom stereocenters. The molecule has 126 valence electrons. The lowest BCUT2D eigenvalue weighted by molar-refractivity contribution is 0.0785. The van der Waals surface area contributed by atoms with Crippen LogP contribution in [0.15, 0.2) is 42.5 Å². The molecule has 1 unspecified atom stereocenters. The van der Waals surface area contributed by atoms with Gasteiger partial charge in [-0.15, -0.1) is 0 Å². The Morgan fingerprint density at radius 1 is 1.21 bits per heavy atom. The smallest absolute Gasteiger partial charge is 0.257 e. The summed E-state index contributed by atoms with van der Waals surface area (Å²) in [4.78, 5) is 14.6. The standard InChI is InChI=1S/C18H18Cl2N2O2/c19-13-5-6-17(15(20)9-13)24-16-4-2-1-3-14(16)18(23)22-8-7-12(10-21)11-22/h1-6,9,12H,7-8,10-11,21H2. The molecule has 1 fully saturated rings. The first-order valence-corrected chi connectivity index (χ1v) is 8.55.